The molecular weight excluding hydrogens is 330 g/mol. The van der Waals surface area contributed by atoms with Crippen molar-refractivity contribution in [2.75, 3.05) is 33.3 Å². The maximum Gasteiger partial charge on any atom is 0.270 e. The third kappa shape index (κ3) is 3.96. The lowest BCUT2D eigenvalue weighted by atomic mass is 10.1. The molecule has 0 unspecified atom stereocenters. The molecule has 1 aliphatic heterocycles. The molecule has 0 radical (unpaired) electrons. The molecule has 1 N–H and O–H groups in total. The normalized spacial score (nSPS) is 15.1. The minimum atomic E-state index is -0.0507. The highest BCUT2D eigenvalue weighted by Crippen LogP contribution is 2.22. The van der Waals surface area contributed by atoms with Gasteiger partial charge in [0.1, 0.15) is 11.4 Å². The van der Waals surface area contributed by atoms with Crippen molar-refractivity contribution in [3.63, 3.8) is 0 Å². The lowest BCUT2D eigenvalue weighted by Gasteiger charge is -2.34. The highest BCUT2D eigenvalue weighted by Gasteiger charge is 2.24. The smallest absolute Gasteiger partial charge is 0.270 e. The van der Waals surface area contributed by atoms with E-state index in [0.29, 0.717) is 24.3 Å². The average molecular weight is 355 g/mol. The number of carbonyl (C=O) groups is 2. The van der Waals surface area contributed by atoms with Gasteiger partial charge in [0.05, 0.1) is 7.11 Å². The molecule has 1 saturated heterocycles. The third-order valence-corrected chi connectivity index (χ3v) is 4.81. The van der Waals surface area contributed by atoms with E-state index in [4.69, 9.17) is 4.74 Å². The van der Waals surface area contributed by atoms with E-state index < -0.39 is 0 Å². The first-order valence-corrected chi connectivity index (χ1v) is 8.82. The van der Waals surface area contributed by atoms with Crippen LogP contribution in [-0.4, -0.2) is 59.8 Å². The number of nitrogens with zero attached hydrogens (tertiary/aromatic N) is 2. The van der Waals surface area contributed by atoms with Crippen LogP contribution in [0.4, 0.5) is 0 Å². The molecule has 0 spiro atoms. The van der Waals surface area contributed by atoms with Crippen molar-refractivity contribution in [3.05, 3.63) is 52.8 Å². The van der Waals surface area contributed by atoms with Crippen LogP contribution in [0.5, 0.6) is 5.75 Å². The second-order valence-corrected chi connectivity index (χ2v) is 6.74. The summed E-state index contributed by atoms with van der Waals surface area (Å²) in [4.78, 5) is 31.1. The fraction of sp³-hybridized carbons (Fsp3) is 0.400. The number of Topliss-reactive ketones (excluding diaryl/α,β-unsaturated/α-hetero) is 1. The topological polar surface area (TPSA) is 65.6 Å². The molecule has 1 aliphatic rings. The number of H-pyrrole nitrogens is 1. The number of ketones is 1. The van der Waals surface area contributed by atoms with Gasteiger partial charge in [-0.3, -0.25) is 14.5 Å². The van der Waals surface area contributed by atoms with Crippen molar-refractivity contribution in [1.82, 2.24) is 14.8 Å². The van der Waals surface area contributed by atoms with Crippen LogP contribution >= 0.6 is 0 Å². The number of benzene rings is 1. The summed E-state index contributed by atoms with van der Waals surface area (Å²) in [5.41, 5.74) is 3.40. The van der Waals surface area contributed by atoms with Crippen LogP contribution in [0, 0.1) is 6.92 Å². The van der Waals surface area contributed by atoms with E-state index in [-0.39, 0.29) is 11.7 Å². The van der Waals surface area contributed by atoms with E-state index in [2.05, 4.69) is 22.9 Å². The van der Waals surface area contributed by atoms with Gasteiger partial charge in [-0.15, -0.1) is 0 Å². The van der Waals surface area contributed by atoms with Gasteiger partial charge in [-0.05, 0) is 26.0 Å². The van der Waals surface area contributed by atoms with E-state index in [1.165, 1.54) is 18.1 Å². The summed E-state index contributed by atoms with van der Waals surface area (Å²) >= 11 is 0. The third-order valence-electron chi connectivity index (χ3n) is 4.81. The molecule has 138 valence electrons. The Bertz CT molecular complexity index is 804. The van der Waals surface area contributed by atoms with E-state index in [1.54, 1.807) is 19.4 Å². The Kier molecular flexibility index (Phi) is 5.42. The molecule has 6 nitrogen and oxygen atoms in total. The van der Waals surface area contributed by atoms with Crippen LogP contribution in [0.1, 0.15) is 38.9 Å². The number of carbonyl (C=O) groups excluding carboxylic acids is 2. The Balaban J connectivity index is 1.59. The van der Waals surface area contributed by atoms with Crippen molar-refractivity contribution < 1.29 is 14.3 Å². The first-order chi connectivity index (χ1) is 12.5. The number of aromatic nitrogens is 1. The first-order valence-electron chi connectivity index (χ1n) is 8.82. The molecule has 1 amide bonds. The quantitative estimate of drug-likeness (QED) is 0.837. The van der Waals surface area contributed by atoms with Crippen LogP contribution in [-0.2, 0) is 6.54 Å². The lowest BCUT2D eigenvalue weighted by Crippen LogP contribution is -2.48. The second-order valence-electron chi connectivity index (χ2n) is 6.74. The summed E-state index contributed by atoms with van der Waals surface area (Å²) < 4.78 is 5.46. The van der Waals surface area contributed by atoms with Gasteiger partial charge >= 0.3 is 0 Å². The molecule has 0 bridgehead atoms. The number of methoxy groups -OCH3 is 1. The van der Waals surface area contributed by atoms with Gasteiger partial charge in [-0.25, -0.2) is 0 Å². The van der Waals surface area contributed by atoms with Crippen molar-refractivity contribution in [3.8, 4) is 5.75 Å². The molecule has 26 heavy (non-hydrogen) atoms. The van der Waals surface area contributed by atoms with Crippen LogP contribution in [0.2, 0.25) is 0 Å². The zero-order chi connectivity index (χ0) is 18.7. The van der Waals surface area contributed by atoms with Crippen molar-refractivity contribution in [2.45, 2.75) is 20.4 Å². The number of ether oxygens (including phenoxy) is 1. The zero-order valence-corrected chi connectivity index (χ0v) is 15.5. The Morgan fingerprint density at radius 1 is 1.15 bits per heavy atom. The summed E-state index contributed by atoms with van der Waals surface area (Å²) in [6, 6.07) is 7.83. The highest BCUT2D eigenvalue weighted by atomic mass is 16.5. The van der Waals surface area contributed by atoms with E-state index in [9.17, 15) is 9.59 Å². The zero-order valence-electron chi connectivity index (χ0n) is 15.5. The average Bonchev–Trinajstić information content (AvgIpc) is 3.12. The Hall–Kier alpha value is -2.60. The van der Waals surface area contributed by atoms with Crippen molar-refractivity contribution >= 4 is 11.7 Å². The Morgan fingerprint density at radius 3 is 2.50 bits per heavy atom. The van der Waals surface area contributed by atoms with Gasteiger partial charge in [-0.2, -0.15) is 0 Å². The number of hydrogen-bond donors (Lipinski definition) is 1. The molecule has 1 fully saturated rings. The number of aryl methyl sites for hydroxylation is 1. The standard InChI is InChI=1S/C20H25N3O3/c1-14-4-5-19(26-3)17(10-14)13-22-6-8-23(9-7-22)20(25)18-11-16(12-21-18)15(2)24/h4-5,10-12,21H,6-9,13H2,1-3H3. The molecule has 0 saturated carbocycles. The lowest BCUT2D eigenvalue weighted by molar-refractivity contribution is 0.0622. The van der Waals surface area contributed by atoms with Crippen molar-refractivity contribution in [1.29, 1.82) is 0 Å². The van der Waals surface area contributed by atoms with Gasteiger partial charge in [-0.1, -0.05) is 17.7 Å². The monoisotopic (exact) mass is 355 g/mol. The molecule has 1 aromatic carbocycles. The summed E-state index contributed by atoms with van der Waals surface area (Å²) in [6.45, 7) is 7.33. The van der Waals surface area contributed by atoms with E-state index in [1.807, 2.05) is 17.0 Å². The summed E-state index contributed by atoms with van der Waals surface area (Å²) in [7, 11) is 1.69. The van der Waals surface area contributed by atoms with Crippen LogP contribution in [0.3, 0.4) is 0 Å². The minimum absolute atomic E-state index is 0.0442. The van der Waals surface area contributed by atoms with Crippen LogP contribution in [0.15, 0.2) is 30.5 Å². The molecule has 6 heteroatoms. The summed E-state index contributed by atoms with van der Waals surface area (Å²) in [5.74, 6) is 0.805. The number of nitrogens with one attached hydrogen (secondary N) is 1. The summed E-state index contributed by atoms with van der Waals surface area (Å²) in [6.07, 6.45) is 1.59. The number of rotatable bonds is 5. The maximum atomic E-state index is 12.6. The minimum Gasteiger partial charge on any atom is -0.496 e. The van der Waals surface area contributed by atoms with Gasteiger partial charge in [0.2, 0.25) is 0 Å². The predicted octanol–water partition coefficient (Wildman–Crippen LogP) is 2.49. The maximum absolute atomic E-state index is 12.6. The number of hydrogen-bond acceptors (Lipinski definition) is 4. The van der Waals surface area contributed by atoms with Crippen molar-refractivity contribution in [2.24, 2.45) is 0 Å². The number of piperazine rings is 1. The van der Waals surface area contributed by atoms with Crippen LogP contribution < -0.4 is 4.74 Å². The van der Waals surface area contributed by atoms with Crippen LogP contribution in [0.25, 0.3) is 0 Å². The fourth-order valence-corrected chi connectivity index (χ4v) is 3.27. The van der Waals surface area contributed by atoms with Gasteiger partial charge in [0.15, 0.2) is 5.78 Å². The Morgan fingerprint density at radius 2 is 1.88 bits per heavy atom. The molecule has 2 aromatic rings. The molecule has 2 heterocycles. The van der Waals surface area contributed by atoms with Gasteiger partial charge in [0, 0.05) is 50.0 Å². The molecule has 0 atom stereocenters. The van der Waals surface area contributed by atoms with Gasteiger partial charge in [0.25, 0.3) is 5.91 Å². The van der Waals surface area contributed by atoms with Gasteiger partial charge < -0.3 is 14.6 Å². The van der Waals surface area contributed by atoms with E-state index in [0.717, 1.165) is 25.4 Å². The predicted molar refractivity (Wildman–Crippen MR) is 99.7 cm³/mol. The largest absolute Gasteiger partial charge is 0.496 e. The number of aromatic amines is 1. The van der Waals surface area contributed by atoms with E-state index >= 15 is 0 Å². The number of amides is 1. The molecule has 1 aromatic heterocycles. The fourth-order valence-electron chi connectivity index (χ4n) is 3.27. The highest BCUT2D eigenvalue weighted by molar-refractivity contribution is 5.99. The SMILES string of the molecule is COc1ccc(C)cc1CN1CCN(C(=O)c2cc(C(C)=O)c[nH]2)CC1. The molecule has 3 rings (SSSR count). The first kappa shape index (κ1) is 18.2. The summed E-state index contributed by atoms with van der Waals surface area (Å²) in [5, 5.41) is 0. The second kappa shape index (κ2) is 7.74. The molecule has 0 aliphatic carbocycles. The molecular formula is C20H25N3O3. The Labute approximate surface area is 153 Å².